The summed E-state index contributed by atoms with van der Waals surface area (Å²) >= 11 is 1.88. The Balaban J connectivity index is 1.03. The first kappa shape index (κ1) is 34.2. The van der Waals surface area contributed by atoms with Crippen molar-refractivity contribution in [3.63, 3.8) is 0 Å². The Hall–Kier alpha value is -7.65. The third-order valence-electron chi connectivity index (χ3n) is 12.8. The van der Waals surface area contributed by atoms with Crippen molar-refractivity contribution >= 4 is 96.3 Å². The molecule has 0 fully saturated rings. The topological polar surface area (TPSA) is 12.9 Å². The van der Waals surface area contributed by atoms with Gasteiger partial charge in [-0.1, -0.05) is 170 Å². The smallest absolute Gasteiger partial charge is 0.0788 e. The van der Waals surface area contributed by atoms with Crippen molar-refractivity contribution in [2.45, 2.75) is 0 Å². The normalized spacial score (nSPS) is 11.9. The SMILES string of the molecule is c1ccc2c(c1)cc(-c1cc(-c3ccc(-c4nc5ccccc5c5c4ccc4c6ccccc6sc45)cc3)cc(-c3cc4ccccc4c4ccccc34)c1)c1ccccc12. The van der Waals surface area contributed by atoms with Gasteiger partial charge < -0.3 is 0 Å². The quantitative estimate of drug-likeness (QED) is 0.162. The van der Waals surface area contributed by atoms with E-state index in [-0.39, 0.29) is 0 Å². The molecule has 13 aromatic rings. The first-order chi connectivity index (χ1) is 30.2. The molecular weight excluding hydrogens is 755 g/mol. The van der Waals surface area contributed by atoms with Crippen LogP contribution < -0.4 is 0 Å². The minimum atomic E-state index is 1.01. The number of thiophene rings is 1. The number of aromatic nitrogens is 1. The maximum Gasteiger partial charge on any atom is 0.0788 e. The molecule has 282 valence electrons. The summed E-state index contributed by atoms with van der Waals surface area (Å²) in [7, 11) is 0. The molecule has 0 N–H and O–H groups in total. The molecule has 2 heterocycles. The van der Waals surface area contributed by atoms with Gasteiger partial charge in [0.15, 0.2) is 0 Å². The number of hydrogen-bond acceptors (Lipinski definition) is 2. The number of rotatable bonds is 4. The predicted octanol–water partition coefficient (Wildman–Crippen LogP) is 17.0. The van der Waals surface area contributed by atoms with E-state index in [4.69, 9.17) is 4.98 Å². The van der Waals surface area contributed by atoms with E-state index in [9.17, 15) is 0 Å². The highest BCUT2D eigenvalue weighted by molar-refractivity contribution is 7.26. The monoisotopic (exact) mass is 789 g/mol. The van der Waals surface area contributed by atoms with Crippen molar-refractivity contribution in [2.75, 3.05) is 0 Å². The average molecular weight is 790 g/mol. The van der Waals surface area contributed by atoms with Crippen LogP contribution in [0.4, 0.5) is 0 Å². The molecule has 13 rings (SSSR count). The maximum atomic E-state index is 5.36. The molecule has 0 amide bonds. The van der Waals surface area contributed by atoms with Crippen molar-refractivity contribution in [2.24, 2.45) is 0 Å². The van der Waals surface area contributed by atoms with Crippen molar-refractivity contribution in [3.05, 3.63) is 212 Å². The molecule has 0 saturated heterocycles. The van der Waals surface area contributed by atoms with E-state index in [1.807, 2.05) is 11.3 Å². The van der Waals surface area contributed by atoms with Gasteiger partial charge >= 0.3 is 0 Å². The summed E-state index contributed by atoms with van der Waals surface area (Å²) in [6, 6.07) is 78.3. The van der Waals surface area contributed by atoms with E-state index < -0.39 is 0 Å². The molecule has 0 spiro atoms. The zero-order valence-electron chi connectivity index (χ0n) is 33.1. The van der Waals surface area contributed by atoms with E-state index in [0.717, 1.165) is 16.8 Å². The summed E-state index contributed by atoms with van der Waals surface area (Å²) in [6.45, 7) is 0. The largest absolute Gasteiger partial charge is 0.247 e. The van der Waals surface area contributed by atoms with Crippen LogP contribution in [0.3, 0.4) is 0 Å². The minimum absolute atomic E-state index is 1.01. The van der Waals surface area contributed by atoms with Gasteiger partial charge in [0.25, 0.3) is 0 Å². The second kappa shape index (κ2) is 13.4. The molecule has 0 atom stereocenters. The zero-order chi connectivity index (χ0) is 40.0. The van der Waals surface area contributed by atoms with Gasteiger partial charge in [-0.3, -0.25) is 0 Å². The molecule has 2 aromatic heterocycles. The molecule has 2 heteroatoms. The molecule has 0 aliphatic heterocycles. The van der Waals surface area contributed by atoms with E-state index in [1.165, 1.54) is 113 Å². The lowest BCUT2D eigenvalue weighted by Gasteiger charge is -2.17. The van der Waals surface area contributed by atoms with E-state index >= 15 is 0 Å². The first-order valence-corrected chi connectivity index (χ1v) is 21.8. The van der Waals surface area contributed by atoms with Gasteiger partial charge in [0, 0.05) is 41.9 Å². The molecule has 0 radical (unpaired) electrons. The second-order valence-corrected chi connectivity index (χ2v) is 17.3. The molecule has 1 nitrogen and oxygen atoms in total. The molecule has 11 aromatic carbocycles. The second-order valence-electron chi connectivity index (χ2n) is 16.2. The highest BCUT2D eigenvalue weighted by Crippen LogP contribution is 2.45. The molecule has 0 aliphatic rings. The standard InChI is InChI=1S/C59H35NS/c1-3-15-43-38(13-1)34-53(47-19-7-5-17-45(43)47)41-31-40(32-42(33-41)54-35-39-14-2-4-16-44(39)46-18-6-8-20-48(46)54)36-25-27-37(28-26-36)58-52-30-29-50-49-21-10-12-24-56(49)61-59(50)57(52)51-22-9-11-23-55(51)60-58/h1-35H. The number of benzene rings is 11. The van der Waals surface area contributed by atoms with E-state index in [2.05, 4.69) is 212 Å². The Morgan fingerprint density at radius 1 is 0.295 bits per heavy atom. The van der Waals surface area contributed by atoms with Crippen LogP contribution >= 0.6 is 11.3 Å². The van der Waals surface area contributed by atoms with Gasteiger partial charge in [-0.15, -0.1) is 11.3 Å². The number of pyridine rings is 1. The highest BCUT2D eigenvalue weighted by atomic mass is 32.1. The Labute approximate surface area is 356 Å². The Morgan fingerprint density at radius 3 is 1.41 bits per heavy atom. The van der Waals surface area contributed by atoms with Crippen LogP contribution in [0, 0.1) is 0 Å². The first-order valence-electron chi connectivity index (χ1n) is 20.9. The summed E-state index contributed by atoms with van der Waals surface area (Å²) in [5, 5.41) is 16.4. The molecule has 0 aliphatic carbocycles. The summed E-state index contributed by atoms with van der Waals surface area (Å²) in [5.74, 6) is 0. The predicted molar refractivity (Wildman–Crippen MR) is 264 cm³/mol. The number of para-hydroxylation sites is 1. The molecular formula is C59H35NS. The van der Waals surface area contributed by atoms with Crippen molar-refractivity contribution in [3.8, 4) is 44.6 Å². The summed E-state index contributed by atoms with van der Waals surface area (Å²) in [6.07, 6.45) is 0. The molecule has 0 unspecified atom stereocenters. The van der Waals surface area contributed by atoms with Crippen LogP contribution in [0.15, 0.2) is 212 Å². The third kappa shape index (κ3) is 5.36. The number of nitrogens with zero attached hydrogens (tertiary/aromatic N) is 1. The van der Waals surface area contributed by atoms with E-state index in [0.29, 0.717) is 0 Å². The number of hydrogen-bond donors (Lipinski definition) is 0. The van der Waals surface area contributed by atoms with Gasteiger partial charge in [-0.25, -0.2) is 4.98 Å². The lowest BCUT2D eigenvalue weighted by molar-refractivity contribution is 1.43. The van der Waals surface area contributed by atoms with Gasteiger partial charge in [-0.05, 0) is 119 Å². The van der Waals surface area contributed by atoms with Crippen molar-refractivity contribution in [1.82, 2.24) is 4.98 Å². The van der Waals surface area contributed by atoms with Crippen LogP contribution in [0.1, 0.15) is 0 Å². The summed E-state index contributed by atoms with van der Waals surface area (Å²) in [5.41, 5.74) is 10.3. The maximum absolute atomic E-state index is 5.36. The van der Waals surface area contributed by atoms with Gasteiger partial charge in [0.1, 0.15) is 0 Å². The van der Waals surface area contributed by atoms with Crippen LogP contribution in [0.5, 0.6) is 0 Å². The van der Waals surface area contributed by atoms with Crippen LogP contribution in [0.2, 0.25) is 0 Å². The molecule has 61 heavy (non-hydrogen) atoms. The number of fused-ring (bicyclic) bond motifs is 13. The van der Waals surface area contributed by atoms with Crippen LogP contribution in [-0.2, 0) is 0 Å². The van der Waals surface area contributed by atoms with Gasteiger partial charge in [0.2, 0.25) is 0 Å². The average Bonchev–Trinajstić information content (AvgIpc) is 3.72. The fourth-order valence-corrected chi connectivity index (χ4v) is 11.2. The summed E-state index contributed by atoms with van der Waals surface area (Å²) < 4.78 is 2.63. The lowest BCUT2D eigenvalue weighted by Crippen LogP contribution is -1.91. The van der Waals surface area contributed by atoms with Gasteiger partial charge in [-0.2, -0.15) is 0 Å². The van der Waals surface area contributed by atoms with Crippen molar-refractivity contribution in [1.29, 1.82) is 0 Å². The third-order valence-corrected chi connectivity index (χ3v) is 14.0. The fraction of sp³-hybridized carbons (Fsp3) is 0. The Bertz CT molecular complexity index is 3790. The Morgan fingerprint density at radius 2 is 0.770 bits per heavy atom. The van der Waals surface area contributed by atoms with Crippen LogP contribution in [-0.4, -0.2) is 4.98 Å². The Kier molecular flexibility index (Phi) is 7.54. The van der Waals surface area contributed by atoms with Crippen LogP contribution in [0.25, 0.3) is 130 Å². The van der Waals surface area contributed by atoms with E-state index in [1.54, 1.807) is 0 Å². The fourth-order valence-electron chi connectivity index (χ4n) is 9.95. The molecule has 0 saturated carbocycles. The lowest BCUT2D eigenvalue weighted by atomic mass is 9.87. The van der Waals surface area contributed by atoms with Gasteiger partial charge in [0.05, 0.1) is 11.2 Å². The van der Waals surface area contributed by atoms with Crippen molar-refractivity contribution < 1.29 is 0 Å². The minimum Gasteiger partial charge on any atom is -0.247 e. The zero-order valence-corrected chi connectivity index (χ0v) is 33.9. The highest BCUT2D eigenvalue weighted by Gasteiger charge is 2.18. The summed E-state index contributed by atoms with van der Waals surface area (Å²) in [4.78, 5) is 5.36. The molecule has 0 bridgehead atoms.